The normalized spacial score (nSPS) is 10.5. The third kappa shape index (κ3) is 2.41. The van der Waals surface area contributed by atoms with E-state index in [0.29, 0.717) is 5.56 Å². The van der Waals surface area contributed by atoms with Gasteiger partial charge in [0.1, 0.15) is 5.69 Å². The third-order valence-electron chi connectivity index (χ3n) is 1.78. The second-order valence-corrected chi connectivity index (χ2v) is 3.22. The van der Waals surface area contributed by atoms with Crippen LogP contribution in [-0.4, -0.2) is 18.1 Å². The molecule has 0 radical (unpaired) electrons. The van der Waals surface area contributed by atoms with Gasteiger partial charge in [-0.05, 0) is 18.6 Å². The zero-order chi connectivity index (χ0) is 11.6. The molecular weight excluding hydrogens is 228 g/mol. The van der Waals surface area contributed by atoms with Crippen LogP contribution in [-0.2, 0) is 4.74 Å². The Balaban J connectivity index is 3.29. The molecule has 0 unspecified atom stereocenters. The second-order valence-electron chi connectivity index (χ2n) is 2.81. The Bertz CT molecular complexity index is 396. The molecule has 3 nitrogen and oxygen atoms in total. The average molecular weight is 236 g/mol. The minimum atomic E-state index is -2.82. The monoisotopic (exact) mass is 235 g/mol. The van der Waals surface area contributed by atoms with Crippen molar-refractivity contribution in [2.24, 2.45) is 0 Å². The highest BCUT2D eigenvalue weighted by atomic mass is 35.5. The minimum absolute atomic E-state index is 0.141. The fourth-order valence-electron chi connectivity index (χ4n) is 1.05. The maximum Gasteiger partial charge on any atom is 0.356 e. The molecule has 0 aliphatic carbocycles. The number of hydrogen-bond donors (Lipinski definition) is 0. The van der Waals surface area contributed by atoms with Crippen LogP contribution in [0.4, 0.5) is 8.78 Å². The van der Waals surface area contributed by atoms with E-state index in [1.54, 1.807) is 6.92 Å². The Hall–Kier alpha value is -1.23. The molecule has 0 saturated carbocycles. The van der Waals surface area contributed by atoms with Gasteiger partial charge < -0.3 is 4.74 Å². The van der Waals surface area contributed by atoms with Crippen LogP contribution in [0.2, 0.25) is 5.02 Å². The largest absolute Gasteiger partial charge is 0.464 e. The standard InChI is InChI=1S/C9H8ClF2NO2/c1-4-3-5(10)7(8(11)12)13-6(4)9(14)15-2/h3,8H,1-2H3. The van der Waals surface area contributed by atoms with E-state index in [1.807, 2.05) is 0 Å². The Morgan fingerprint density at radius 1 is 1.60 bits per heavy atom. The molecule has 1 aromatic rings. The number of rotatable bonds is 2. The van der Waals surface area contributed by atoms with E-state index >= 15 is 0 Å². The predicted molar refractivity (Wildman–Crippen MR) is 50.3 cm³/mol. The molecule has 0 amide bonds. The molecule has 0 saturated heterocycles. The van der Waals surface area contributed by atoms with Gasteiger partial charge in [0.15, 0.2) is 5.69 Å². The average Bonchev–Trinajstić information content (AvgIpc) is 2.16. The number of aryl methyl sites for hydroxylation is 1. The number of esters is 1. The van der Waals surface area contributed by atoms with Gasteiger partial charge in [-0.1, -0.05) is 11.6 Å². The highest BCUT2D eigenvalue weighted by Gasteiger charge is 2.20. The van der Waals surface area contributed by atoms with Gasteiger partial charge in [-0.25, -0.2) is 18.6 Å². The summed E-state index contributed by atoms with van der Waals surface area (Å²) >= 11 is 5.55. The summed E-state index contributed by atoms with van der Waals surface area (Å²) in [4.78, 5) is 14.6. The predicted octanol–water partition coefficient (Wildman–Crippen LogP) is 2.77. The van der Waals surface area contributed by atoms with Crippen LogP contribution in [0, 0.1) is 6.92 Å². The Kier molecular flexibility index (Phi) is 3.57. The van der Waals surface area contributed by atoms with E-state index in [2.05, 4.69) is 9.72 Å². The number of ether oxygens (including phenoxy) is 1. The lowest BCUT2D eigenvalue weighted by atomic mass is 10.2. The van der Waals surface area contributed by atoms with Gasteiger partial charge in [-0.15, -0.1) is 0 Å². The summed E-state index contributed by atoms with van der Waals surface area (Å²) in [5.41, 5.74) is -0.351. The van der Waals surface area contributed by atoms with Crippen molar-refractivity contribution in [1.82, 2.24) is 4.98 Å². The van der Waals surface area contributed by atoms with E-state index in [0.717, 1.165) is 7.11 Å². The zero-order valence-corrected chi connectivity index (χ0v) is 8.81. The van der Waals surface area contributed by atoms with Gasteiger partial charge in [-0.3, -0.25) is 0 Å². The van der Waals surface area contributed by atoms with Crippen LogP contribution in [0.5, 0.6) is 0 Å². The first-order valence-corrected chi connectivity index (χ1v) is 4.38. The SMILES string of the molecule is COC(=O)c1nc(C(F)F)c(Cl)cc1C. The van der Waals surface area contributed by atoms with Crippen LogP contribution in [0.1, 0.15) is 28.2 Å². The minimum Gasteiger partial charge on any atom is -0.464 e. The zero-order valence-electron chi connectivity index (χ0n) is 8.05. The number of hydrogen-bond acceptors (Lipinski definition) is 3. The first-order chi connectivity index (χ1) is 6.97. The fraction of sp³-hybridized carbons (Fsp3) is 0.333. The molecule has 0 spiro atoms. The number of nitrogens with zero attached hydrogens (tertiary/aromatic N) is 1. The highest BCUT2D eigenvalue weighted by Crippen LogP contribution is 2.26. The number of halogens is 3. The van der Waals surface area contributed by atoms with Crippen molar-refractivity contribution in [3.63, 3.8) is 0 Å². The maximum atomic E-state index is 12.4. The van der Waals surface area contributed by atoms with E-state index in [4.69, 9.17) is 11.6 Å². The quantitative estimate of drug-likeness (QED) is 0.740. The van der Waals surface area contributed by atoms with E-state index < -0.39 is 18.1 Å². The summed E-state index contributed by atoms with van der Waals surface area (Å²) in [6.07, 6.45) is -2.82. The lowest BCUT2D eigenvalue weighted by Gasteiger charge is -2.07. The Morgan fingerprint density at radius 3 is 2.67 bits per heavy atom. The summed E-state index contributed by atoms with van der Waals surface area (Å²) in [6, 6.07) is 1.27. The van der Waals surface area contributed by atoms with Gasteiger partial charge in [0.25, 0.3) is 6.43 Å². The first kappa shape index (κ1) is 11.8. The van der Waals surface area contributed by atoms with Gasteiger partial charge in [0.05, 0.1) is 12.1 Å². The molecule has 82 valence electrons. The van der Waals surface area contributed by atoms with Crippen LogP contribution in [0.15, 0.2) is 6.07 Å². The number of alkyl halides is 2. The smallest absolute Gasteiger partial charge is 0.356 e. The molecule has 1 rings (SSSR count). The van der Waals surface area contributed by atoms with E-state index in [-0.39, 0.29) is 10.7 Å². The number of aromatic nitrogens is 1. The summed E-state index contributed by atoms with van der Waals surface area (Å²) in [6.45, 7) is 1.54. The number of carbonyl (C=O) groups excluding carboxylic acids is 1. The molecule has 0 aromatic carbocycles. The van der Waals surface area contributed by atoms with Gasteiger partial charge >= 0.3 is 5.97 Å². The molecular formula is C9H8ClF2NO2. The van der Waals surface area contributed by atoms with Crippen LogP contribution < -0.4 is 0 Å². The molecule has 0 N–H and O–H groups in total. The molecule has 0 aliphatic rings. The van der Waals surface area contributed by atoms with Gasteiger partial charge in [0, 0.05) is 0 Å². The summed E-state index contributed by atoms with van der Waals surface area (Å²) in [5.74, 6) is -0.758. The summed E-state index contributed by atoms with van der Waals surface area (Å²) in [5, 5.41) is -0.157. The lowest BCUT2D eigenvalue weighted by molar-refractivity contribution is 0.0591. The van der Waals surface area contributed by atoms with Crippen molar-refractivity contribution in [3.8, 4) is 0 Å². The number of methoxy groups -OCH3 is 1. The second kappa shape index (κ2) is 4.53. The summed E-state index contributed by atoms with van der Waals surface area (Å²) < 4.78 is 29.2. The van der Waals surface area contributed by atoms with Crippen LogP contribution in [0.25, 0.3) is 0 Å². The summed E-state index contributed by atoms with van der Waals surface area (Å²) in [7, 11) is 1.15. The van der Waals surface area contributed by atoms with Gasteiger partial charge in [0.2, 0.25) is 0 Å². The van der Waals surface area contributed by atoms with Crippen molar-refractivity contribution in [2.45, 2.75) is 13.3 Å². The maximum absolute atomic E-state index is 12.4. The van der Waals surface area contributed by atoms with Crippen molar-refractivity contribution in [2.75, 3.05) is 7.11 Å². The molecule has 0 aliphatic heterocycles. The highest BCUT2D eigenvalue weighted by molar-refractivity contribution is 6.31. The van der Waals surface area contributed by atoms with Gasteiger partial charge in [-0.2, -0.15) is 0 Å². The molecule has 1 heterocycles. The first-order valence-electron chi connectivity index (χ1n) is 4.01. The fourth-order valence-corrected chi connectivity index (χ4v) is 1.34. The van der Waals surface area contributed by atoms with E-state index in [9.17, 15) is 13.6 Å². The van der Waals surface area contributed by atoms with Crippen molar-refractivity contribution >= 4 is 17.6 Å². The molecule has 1 aromatic heterocycles. The Morgan fingerprint density at radius 2 is 2.20 bits per heavy atom. The lowest BCUT2D eigenvalue weighted by Crippen LogP contribution is -2.09. The molecule has 0 atom stereocenters. The number of carbonyl (C=O) groups is 1. The van der Waals surface area contributed by atoms with Crippen molar-refractivity contribution in [3.05, 3.63) is 28.0 Å². The van der Waals surface area contributed by atoms with Crippen molar-refractivity contribution < 1.29 is 18.3 Å². The molecule has 15 heavy (non-hydrogen) atoms. The molecule has 0 bridgehead atoms. The Labute approximate surface area is 90.0 Å². The molecule has 0 fully saturated rings. The molecule has 6 heteroatoms. The van der Waals surface area contributed by atoms with Crippen molar-refractivity contribution in [1.29, 1.82) is 0 Å². The topological polar surface area (TPSA) is 39.2 Å². The van der Waals surface area contributed by atoms with Crippen LogP contribution >= 0.6 is 11.6 Å². The van der Waals surface area contributed by atoms with Crippen LogP contribution in [0.3, 0.4) is 0 Å². The third-order valence-corrected chi connectivity index (χ3v) is 2.08. The van der Waals surface area contributed by atoms with E-state index in [1.165, 1.54) is 6.07 Å². The number of pyridine rings is 1.